The number of aryl methyl sites for hydroxylation is 1. The summed E-state index contributed by atoms with van der Waals surface area (Å²) in [6.45, 7) is 5.72. The maximum Gasteiger partial charge on any atom is 0.407 e. The van der Waals surface area contributed by atoms with Gasteiger partial charge in [-0.25, -0.2) is 14.8 Å². The monoisotopic (exact) mass is 275 g/mol. The topological polar surface area (TPSA) is 85.4 Å². The van der Waals surface area contributed by atoms with Gasteiger partial charge in [-0.05, 0) is 19.4 Å². The van der Waals surface area contributed by atoms with Crippen LogP contribution in [0.5, 0.6) is 0 Å². The van der Waals surface area contributed by atoms with Crippen molar-refractivity contribution in [1.29, 1.82) is 0 Å². The van der Waals surface area contributed by atoms with Crippen molar-refractivity contribution in [2.75, 3.05) is 24.5 Å². The lowest BCUT2D eigenvalue weighted by Gasteiger charge is -2.39. The fraction of sp³-hybridized carbons (Fsp3) is 0.462. The molecule has 1 saturated heterocycles. The van der Waals surface area contributed by atoms with Crippen molar-refractivity contribution in [2.24, 2.45) is 0 Å². The van der Waals surface area contributed by atoms with Gasteiger partial charge in [0.05, 0.1) is 5.39 Å². The van der Waals surface area contributed by atoms with Crippen molar-refractivity contribution in [3.63, 3.8) is 0 Å². The van der Waals surface area contributed by atoms with Crippen LogP contribution in [0.1, 0.15) is 12.5 Å². The average molecular weight is 275 g/mol. The lowest BCUT2D eigenvalue weighted by Crippen LogP contribution is -2.54. The number of anilines is 1. The molecule has 0 radical (unpaired) electrons. The highest BCUT2D eigenvalue weighted by Crippen LogP contribution is 2.27. The Bertz CT molecular complexity index is 653. The minimum atomic E-state index is -0.859. The summed E-state index contributed by atoms with van der Waals surface area (Å²) in [6.07, 6.45) is 2.60. The van der Waals surface area contributed by atoms with E-state index < -0.39 is 6.09 Å². The van der Waals surface area contributed by atoms with E-state index in [2.05, 4.69) is 19.9 Å². The first-order chi connectivity index (χ1) is 9.58. The van der Waals surface area contributed by atoms with Crippen LogP contribution in [0.25, 0.3) is 11.0 Å². The molecule has 0 aliphatic carbocycles. The van der Waals surface area contributed by atoms with Gasteiger partial charge in [0.1, 0.15) is 17.8 Å². The number of nitrogens with zero attached hydrogens (tertiary/aromatic N) is 4. The van der Waals surface area contributed by atoms with Gasteiger partial charge in [0.2, 0.25) is 0 Å². The maximum atomic E-state index is 11.1. The number of carbonyl (C=O) groups is 1. The Labute approximate surface area is 116 Å². The molecule has 1 aliphatic rings. The molecule has 0 saturated carbocycles. The number of fused-ring (bicyclic) bond motifs is 1. The molecule has 3 heterocycles. The summed E-state index contributed by atoms with van der Waals surface area (Å²) in [5, 5.41) is 10.1. The highest BCUT2D eigenvalue weighted by molar-refractivity contribution is 5.90. The van der Waals surface area contributed by atoms with Gasteiger partial charge in [-0.3, -0.25) is 0 Å². The van der Waals surface area contributed by atoms with E-state index in [9.17, 15) is 4.79 Å². The lowest BCUT2D eigenvalue weighted by molar-refractivity contribution is 0.122. The van der Waals surface area contributed by atoms with E-state index in [1.165, 1.54) is 4.90 Å². The Kier molecular flexibility index (Phi) is 2.96. The first kappa shape index (κ1) is 12.7. The molecule has 7 nitrogen and oxygen atoms in total. The quantitative estimate of drug-likeness (QED) is 0.823. The summed E-state index contributed by atoms with van der Waals surface area (Å²) >= 11 is 0. The Balaban J connectivity index is 1.93. The second-order valence-electron chi connectivity index (χ2n) is 5.16. The van der Waals surface area contributed by atoms with Gasteiger partial charge in [0.25, 0.3) is 0 Å². The second-order valence-corrected chi connectivity index (χ2v) is 5.16. The van der Waals surface area contributed by atoms with Crippen LogP contribution in [-0.2, 0) is 0 Å². The summed E-state index contributed by atoms with van der Waals surface area (Å²) in [7, 11) is 0. The number of hydrogen-bond acceptors (Lipinski definition) is 4. The zero-order chi connectivity index (χ0) is 14.3. The maximum absolute atomic E-state index is 11.1. The Hall–Kier alpha value is -2.31. The first-order valence-corrected chi connectivity index (χ1v) is 6.61. The molecular weight excluding hydrogens is 258 g/mol. The van der Waals surface area contributed by atoms with Gasteiger partial charge in [0.15, 0.2) is 0 Å². The van der Waals surface area contributed by atoms with Crippen LogP contribution in [0.4, 0.5) is 10.6 Å². The molecule has 1 unspecified atom stereocenters. The molecule has 0 aromatic carbocycles. The summed E-state index contributed by atoms with van der Waals surface area (Å²) < 4.78 is 0. The fourth-order valence-electron chi connectivity index (χ4n) is 2.77. The molecule has 1 fully saturated rings. The van der Waals surface area contributed by atoms with Crippen LogP contribution < -0.4 is 4.90 Å². The molecule has 20 heavy (non-hydrogen) atoms. The first-order valence-electron chi connectivity index (χ1n) is 6.61. The highest BCUT2D eigenvalue weighted by atomic mass is 16.4. The number of piperazine rings is 1. The van der Waals surface area contributed by atoms with E-state index in [-0.39, 0.29) is 6.04 Å². The molecule has 1 aliphatic heterocycles. The van der Waals surface area contributed by atoms with Crippen LogP contribution in [-0.4, -0.2) is 56.7 Å². The number of aromatic nitrogens is 3. The average Bonchev–Trinajstić information content (AvgIpc) is 2.80. The van der Waals surface area contributed by atoms with Crippen LogP contribution in [0, 0.1) is 6.92 Å². The normalized spacial score (nSPS) is 19.6. The molecule has 0 bridgehead atoms. The number of aromatic amines is 1. The zero-order valence-corrected chi connectivity index (χ0v) is 11.5. The third-order valence-corrected chi connectivity index (χ3v) is 3.82. The Morgan fingerprint density at radius 1 is 1.45 bits per heavy atom. The molecule has 2 aromatic rings. The van der Waals surface area contributed by atoms with Crippen molar-refractivity contribution in [3.05, 3.63) is 18.1 Å². The minimum Gasteiger partial charge on any atom is -0.465 e. The molecule has 1 amide bonds. The number of carboxylic acid groups (broad SMARTS) is 1. The largest absolute Gasteiger partial charge is 0.465 e. The Morgan fingerprint density at radius 2 is 2.25 bits per heavy atom. The molecule has 3 rings (SSSR count). The minimum absolute atomic E-state index is 0.0505. The number of nitrogens with one attached hydrogen (secondary N) is 1. The second kappa shape index (κ2) is 4.66. The molecule has 106 valence electrons. The SMILES string of the molecule is Cc1c[nH]c2ncnc(N3CCN(C(=O)O)C(C)C3)c12. The number of rotatable bonds is 1. The van der Waals surface area contributed by atoms with Crippen molar-refractivity contribution in [3.8, 4) is 0 Å². The van der Waals surface area contributed by atoms with E-state index in [0.717, 1.165) is 22.4 Å². The van der Waals surface area contributed by atoms with E-state index in [1.54, 1.807) is 6.33 Å². The lowest BCUT2D eigenvalue weighted by atomic mass is 10.1. The van der Waals surface area contributed by atoms with Gasteiger partial charge in [0, 0.05) is 31.9 Å². The predicted octanol–water partition coefficient (Wildman–Crippen LogP) is 1.45. The van der Waals surface area contributed by atoms with Crippen LogP contribution >= 0.6 is 0 Å². The summed E-state index contributed by atoms with van der Waals surface area (Å²) in [4.78, 5) is 26.5. The standard InChI is InChI=1S/C13H17N5O2/c1-8-5-14-11-10(8)12(16-7-15-11)17-3-4-18(13(19)20)9(2)6-17/h5,7,9H,3-4,6H2,1-2H3,(H,19,20)(H,14,15,16). The number of hydrogen-bond donors (Lipinski definition) is 2. The zero-order valence-electron chi connectivity index (χ0n) is 11.5. The number of H-pyrrole nitrogens is 1. The van der Waals surface area contributed by atoms with E-state index in [4.69, 9.17) is 5.11 Å². The summed E-state index contributed by atoms with van der Waals surface area (Å²) in [6, 6.07) is -0.0505. The van der Waals surface area contributed by atoms with Gasteiger partial charge in [-0.1, -0.05) is 0 Å². The van der Waals surface area contributed by atoms with Gasteiger partial charge in [-0.2, -0.15) is 0 Å². The predicted molar refractivity (Wildman–Crippen MR) is 75.0 cm³/mol. The molecule has 7 heteroatoms. The third-order valence-electron chi connectivity index (χ3n) is 3.82. The summed E-state index contributed by atoms with van der Waals surface area (Å²) in [5.74, 6) is 0.880. The molecule has 2 aromatic heterocycles. The van der Waals surface area contributed by atoms with Gasteiger partial charge < -0.3 is 19.9 Å². The highest BCUT2D eigenvalue weighted by Gasteiger charge is 2.28. The third kappa shape index (κ3) is 1.95. The van der Waals surface area contributed by atoms with Crippen molar-refractivity contribution >= 4 is 22.9 Å². The smallest absolute Gasteiger partial charge is 0.407 e. The van der Waals surface area contributed by atoms with E-state index in [0.29, 0.717) is 19.6 Å². The van der Waals surface area contributed by atoms with Crippen LogP contribution in [0.15, 0.2) is 12.5 Å². The van der Waals surface area contributed by atoms with Crippen molar-refractivity contribution < 1.29 is 9.90 Å². The number of amides is 1. The van der Waals surface area contributed by atoms with Crippen molar-refractivity contribution in [2.45, 2.75) is 19.9 Å². The van der Waals surface area contributed by atoms with Crippen LogP contribution in [0.3, 0.4) is 0 Å². The van der Waals surface area contributed by atoms with E-state index in [1.807, 2.05) is 20.0 Å². The van der Waals surface area contributed by atoms with Crippen molar-refractivity contribution in [1.82, 2.24) is 19.9 Å². The van der Waals surface area contributed by atoms with E-state index >= 15 is 0 Å². The summed E-state index contributed by atoms with van der Waals surface area (Å²) in [5.41, 5.74) is 1.92. The van der Waals surface area contributed by atoms with Gasteiger partial charge in [-0.15, -0.1) is 0 Å². The van der Waals surface area contributed by atoms with Crippen LogP contribution in [0.2, 0.25) is 0 Å². The molecule has 0 spiro atoms. The molecule has 1 atom stereocenters. The Morgan fingerprint density at radius 3 is 2.95 bits per heavy atom. The molecular formula is C13H17N5O2. The molecule has 2 N–H and O–H groups in total. The fourth-order valence-corrected chi connectivity index (χ4v) is 2.77. The van der Waals surface area contributed by atoms with Gasteiger partial charge >= 0.3 is 6.09 Å².